The van der Waals surface area contributed by atoms with E-state index in [1.807, 2.05) is 19.9 Å². The molecule has 4 heteroatoms. The number of allylic oxidation sites excluding steroid dienone is 1. The lowest BCUT2D eigenvalue weighted by atomic mass is 9.91. The Labute approximate surface area is 195 Å². The van der Waals surface area contributed by atoms with Crippen LogP contribution in [-0.4, -0.2) is 21.3 Å². The lowest BCUT2D eigenvalue weighted by Gasteiger charge is -2.15. The Hall–Kier alpha value is -1.97. The zero-order valence-electron chi connectivity index (χ0n) is 21.2. The molecule has 0 bridgehead atoms. The monoisotopic (exact) mass is 446 g/mol. The Morgan fingerprint density at radius 3 is 1.88 bits per heavy atom. The van der Waals surface area contributed by atoms with Gasteiger partial charge in [-0.3, -0.25) is 4.79 Å². The highest BCUT2D eigenvalue weighted by Gasteiger charge is 2.12. The fraction of sp³-hybridized carbons (Fsp3) is 0.679. The van der Waals surface area contributed by atoms with Crippen molar-refractivity contribution >= 4 is 12.0 Å². The first-order valence-corrected chi connectivity index (χ1v) is 12.5. The summed E-state index contributed by atoms with van der Waals surface area (Å²) in [5.74, 6) is 1.41. The second kappa shape index (κ2) is 14.2. The van der Waals surface area contributed by atoms with Crippen LogP contribution in [0.1, 0.15) is 102 Å². The number of aromatic hydroxyl groups is 2. The van der Waals surface area contributed by atoms with E-state index in [0.29, 0.717) is 17.4 Å². The number of phenolic OH excluding ortho intramolecular Hbond substituents is 2. The molecule has 0 aromatic heterocycles. The number of hydrogen-bond acceptors (Lipinski definition) is 3. The summed E-state index contributed by atoms with van der Waals surface area (Å²) in [7, 11) is 0. The van der Waals surface area contributed by atoms with E-state index in [1.54, 1.807) is 13.0 Å². The molecule has 0 aliphatic heterocycles. The summed E-state index contributed by atoms with van der Waals surface area (Å²) in [6.45, 7) is 12.3. The van der Waals surface area contributed by atoms with Gasteiger partial charge in [-0.15, -0.1) is 0 Å². The van der Waals surface area contributed by atoms with Crippen LogP contribution in [0.15, 0.2) is 12.1 Å². The molecule has 0 heterocycles. The molecular weight excluding hydrogens is 400 g/mol. The minimum atomic E-state index is -0.682. The van der Waals surface area contributed by atoms with Crippen LogP contribution in [0, 0.1) is 37.5 Å². The maximum atomic E-state index is 10.9. The Bertz CT molecular complexity index is 737. The van der Waals surface area contributed by atoms with Crippen molar-refractivity contribution in [3.63, 3.8) is 0 Å². The van der Waals surface area contributed by atoms with Crippen molar-refractivity contribution in [2.45, 2.75) is 99.3 Å². The number of carboxylic acid groups (broad SMARTS) is 1. The average molecular weight is 447 g/mol. The second-order valence-electron chi connectivity index (χ2n) is 10.2. The van der Waals surface area contributed by atoms with Crippen molar-refractivity contribution < 1.29 is 20.1 Å². The molecule has 0 spiro atoms. The van der Waals surface area contributed by atoms with Crippen LogP contribution in [0.25, 0.3) is 6.08 Å². The predicted molar refractivity (Wildman–Crippen MR) is 134 cm³/mol. The van der Waals surface area contributed by atoms with Crippen molar-refractivity contribution in [2.75, 3.05) is 0 Å². The van der Waals surface area contributed by atoms with E-state index in [0.717, 1.165) is 42.7 Å². The summed E-state index contributed by atoms with van der Waals surface area (Å²) in [5.41, 5.74) is 2.14. The number of aliphatic carboxylic acids is 1. The van der Waals surface area contributed by atoms with Gasteiger partial charge in [0.15, 0.2) is 0 Å². The number of benzene rings is 1. The number of carboxylic acids is 1. The van der Waals surface area contributed by atoms with Crippen molar-refractivity contribution in [1.82, 2.24) is 0 Å². The van der Waals surface area contributed by atoms with Crippen molar-refractivity contribution in [2.24, 2.45) is 23.7 Å². The van der Waals surface area contributed by atoms with Gasteiger partial charge in [-0.2, -0.15) is 0 Å². The van der Waals surface area contributed by atoms with Crippen molar-refractivity contribution in [3.8, 4) is 11.5 Å². The molecule has 0 radical (unpaired) electrons. The highest BCUT2D eigenvalue weighted by atomic mass is 16.4. The summed E-state index contributed by atoms with van der Waals surface area (Å²) in [6, 6.07) is 1.64. The van der Waals surface area contributed by atoms with E-state index < -0.39 is 5.97 Å². The molecule has 1 aromatic rings. The molecule has 0 saturated heterocycles. The molecular formula is C28H46O4. The van der Waals surface area contributed by atoms with E-state index in [9.17, 15) is 15.0 Å². The summed E-state index contributed by atoms with van der Waals surface area (Å²) in [4.78, 5) is 10.9. The smallest absolute Gasteiger partial charge is 0.306 e. The van der Waals surface area contributed by atoms with Crippen LogP contribution in [0.5, 0.6) is 11.5 Å². The molecule has 4 nitrogen and oxygen atoms in total. The first kappa shape index (κ1) is 28.1. The summed E-state index contributed by atoms with van der Waals surface area (Å²) >= 11 is 0. The Balaban J connectivity index is 2.24. The molecule has 32 heavy (non-hydrogen) atoms. The van der Waals surface area contributed by atoms with Gasteiger partial charge in [0.05, 0.1) is 5.92 Å². The van der Waals surface area contributed by atoms with Gasteiger partial charge >= 0.3 is 5.97 Å². The summed E-state index contributed by atoms with van der Waals surface area (Å²) in [5, 5.41) is 29.2. The number of rotatable bonds is 15. The van der Waals surface area contributed by atoms with E-state index in [1.165, 1.54) is 32.1 Å². The van der Waals surface area contributed by atoms with Gasteiger partial charge in [0, 0.05) is 5.56 Å². The van der Waals surface area contributed by atoms with Gasteiger partial charge in [-0.05, 0) is 61.6 Å². The number of carbonyl (C=O) groups is 1. The van der Waals surface area contributed by atoms with Crippen LogP contribution in [0.2, 0.25) is 0 Å². The van der Waals surface area contributed by atoms with E-state index in [4.69, 9.17) is 5.11 Å². The molecule has 4 unspecified atom stereocenters. The van der Waals surface area contributed by atoms with E-state index >= 15 is 0 Å². The number of phenols is 2. The molecule has 3 N–H and O–H groups in total. The van der Waals surface area contributed by atoms with Gasteiger partial charge in [0.2, 0.25) is 0 Å². The fourth-order valence-corrected chi connectivity index (χ4v) is 4.19. The van der Waals surface area contributed by atoms with Crippen LogP contribution < -0.4 is 0 Å². The van der Waals surface area contributed by atoms with Crippen LogP contribution in [0.3, 0.4) is 0 Å². The van der Waals surface area contributed by atoms with Gasteiger partial charge < -0.3 is 15.3 Å². The van der Waals surface area contributed by atoms with Gasteiger partial charge in [0.25, 0.3) is 0 Å². The average Bonchev–Trinajstić information content (AvgIpc) is 2.73. The molecule has 1 rings (SSSR count). The van der Waals surface area contributed by atoms with Gasteiger partial charge in [0.1, 0.15) is 11.5 Å². The molecule has 0 aliphatic rings. The summed E-state index contributed by atoms with van der Waals surface area (Å²) in [6.07, 6.45) is 14.3. The standard InChI is InChI=1S/C28H46O4/c1-19(10-7-11-20(2)14-9-15-22(4)28(31)32)12-8-13-21(3)16-17-25-18-26(29)23(5)24(6)27(25)30/h16-22,29-30H,7-15H2,1-6H3,(H,31,32). The zero-order chi connectivity index (χ0) is 24.3. The van der Waals surface area contributed by atoms with Gasteiger partial charge in [-0.25, -0.2) is 0 Å². The lowest BCUT2D eigenvalue weighted by Crippen LogP contribution is -2.09. The van der Waals surface area contributed by atoms with Gasteiger partial charge in [-0.1, -0.05) is 84.8 Å². The molecule has 182 valence electrons. The molecule has 0 amide bonds. The third kappa shape index (κ3) is 10.1. The first-order chi connectivity index (χ1) is 15.0. The summed E-state index contributed by atoms with van der Waals surface area (Å²) < 4.78 is 0. The van der Waals surface area contributed by atoms with E-state index in [2.05, 4.69) is 26.8 Å². The maximum absolute atomic E-state index is 10.9. The number of hydrogen-bond donors (Lipinski definition) is 3. The quantitative estimate of drug-likeness (QED) is 0.240. The minimum absolute atomic E-state index is 0.224. The molecule has 1 aromatic carbocycles. The maximum Gasteiger partial charge on any atom is 0.306 e. The zero-order valence-corrected chi connectivity index (χ0v) is 21.2. The minimum Gasteiger partial charge on any atom is -0.508 e. The Kier molecular flexibility index (Phi) is 12.5. The second-order valence-corrected chi connectivity index (χ2v) is 10.2. The lowest BCUT2D eigenvalue weighted by molar-refractivity contribution is -0.141. The predicted octanol–water partition coefficient (Wildman–Crippen LogP) is 7.87. The highest BCUT2D eigenvalue weighted by molar-refractivity contribution is 5.69. The molecule has 4 atom stereocenters. The molecule has 0 aliphatic carbocycles. The normalized spacial score (nSPS) is 15.6. The first-order valence-electron chi connectivity index (χ1n) is 12.5. The Morgan fingerprint density at radius 2 is 1.34 bits per heavy atom. The van der Waals surface area contributed by atoms with Crippen molar-refractivity contribution in [3.05, 3.63) is 28.8 Å². The van der Waals surface area contributed by atoms with E-state index in [-0.39, 0.29) is 17.4 Å². The largest absolute Gasteiger partial charge is 0.508 e. The van der Waals surface area contributed by atoms with Crippen molar-refractivity contribution in [1.29, 1.82) is 0 Å². The highest BCUT2D eigenvalue weighted by Crippen LogP contribution is 2.33. The van der Waals surface area contributed by atoms with Crippen LogP contribution in [-0.2, 0) is 4.79 Å². The Morgan fingerprint density at radius 1 is 0.844 bits per heavy atom. The third-order valence-corrected chi connectivity index (χ3v) is 6.98. The van der Waals surface area contributed by atoms with Crippen LogP contribution in [0.4, 0.5) is 0 Å². The molecule has 0 fully saturated rings. The third-order valence-electron chi connectivity index (χ3n) is 6.98. The molecule has 0 saturated carbocycles. The fourth-order valence-electron chi connectivity index (χ4n) is 4.19. The SMILES string of the molecule is Cc1c(O)cc(C=CC(C)CCCC(C)CCCC(C)CCCC(C)C(=O)O)c(O)c1C. The van der Waals surface area contributed by atoms with Crippen LogP contribution >= 0.6 is 0 Å². The topological polar surface area (TPSA) is 77.8 Å².